The third-order valence-corrected chi connectivity index (χ3v) is 5.96. The van der Waals surface area contributed by atoms with E-state index in [1.165, 1.54) is 15.6 Å². The van der Waals surface area contributed by atoms with Crippen LogP contribution in [-0.4, -0.2) is 13.0 Å². The first-order chi connectivity index (χ1) is 13.4. The zero-order valence-electron chi connectivity index (χ0n) is 16.1. The van der Waals surface area contributed by atoms with Crippen molar-refractivity contribution in [3.8, 4) is 0 Å². The van der Waals surface area contributed by atoms with Gasteiger partial charge in [0, 0.05) is 0 Å². The van der Waals surface area contributed by atoms with Crippen molar-refractivity contribution in [3.63, 3.8) is 0 Å². The zero-order chi connectivity index (χ0) is 23.5. The van der Waals surface area contributed by atoms with E-state index < -0.39 is 38.5 Å². The van der Waals surface area contributed by atoms with Crippen LogP contribution < -0.4 is 22.6 Å². The lowest BCUT2D eigenvalue weighted by molar-refractivity contribution is -0.328. The van der Waals surface area contributed by atoms with Crippen molar-refractivity contribution in [1.29, 1.82) is 0 Å². The maximum Gasteiger partial charge on any atom is 0.416 e. The second-order valence-electron chi connectivity index (χ2n) is 6.96. The molecule has 0 fully saturated rings. The van der Waals surface area contributed by atoms with E-state index >= 15 is 0 Å². The molecule has 2 aromatic rings. The molecule has 0 heterocycles. The van der Waals surface area contributed by atoms with Gasteiger partial charge in [-0.3, -0.25) is 0 Å². The van der Waals surface area contributed by atoms with Gasteiger partial charge in [0.2, 0.25) is 0 Å². The number of rotatable bonds is 3. The second-order valence-corrected chi connectivity index (χ2v) is 9.68. The molecule has 0 aliphatic rings. The van der Waals surface area contributed by atoms with Gasteiger partial charge >= 0.3 is 12.4 Å². The van der Waals surface area contributed by atoms with Crippen molar-refractivity contribution in [2.45, 2.75) is 49.9 Å². The first-order valence-corrected chi connectivity index (χ1v) is 11.0. The van der Waals surface area contributed by atoms with Crippen molar-refractivity contribution < 1.29 is 61.9 Å². The summed E-state index contributed by atoms with van der Waals surface area (Å²) in [5.41, 5.74) is -1.94. The van der Waals surface area contributed by atoms with Gasteiger partial charge in [0.25, 0.3) is 22.6 Å². The Labute approximate surface area is 184 Å². The molecule has 0 aliphatic heterocycles. The molecule has 0 amide bonds. The minimum Gasteiger partial charge on any atom is -0.744 e. The fourth-order valence-corrected chi connectivity index (χ4v) is 3.11. The van der Waals surface area contributed by atoms with E-state index in [-0.39, 0.29) is 18.2 Å². The van der Waals surface area contributed by atoms with Gasteiger partial charge in [0.15, 0.2) is 3.57 Å². The van der Waals surface area contributed by atoms with Crippen LogP contribution in [0.2, 0.25) is 0 Å². The molecule has 0 aliphatic carbocycles. The highest BCUT2D eigenvalue weighted by Gasteiger charge is 2.37. The van der Waals surface area contributed by atoms with Gasteiger partial charge in [-0.25, -0.2) is 8.42 Å². The van der Waals surface area contributed by atoms with E-state index in [1.54, 1.807) is 0 Å². The predicted molar refractivity (Wildman–Crippen MR) is 94.3 cm³/mol. The quantitative estimate of drug-likeness (QED) is 0.325. The minimum absolute atomic E-state index is 0.141. The Kier molecular flexibility index (Phi) is 8.39. The highest BCUT2D eigenvalue weighted by molar-refractivity contribution is 7.85. The molecule has 0 saturated carbocycles. The molecule has 0 radical (unpaired) electrons. The Morgan fingerprint density at radius 2 is 1.23 bits per heavy atom. The molecule has 0 bridgehead atoms. The lowest BCUT2D eigenvalue weighted by Gasteiger charge is -2.22. The summed E-state index contributed by atoms with van der Waals surface area (Å²) in [6.07, 6.45) is -9.20. The van der Waals surface area contributed by atoms with Crippen LogP contribution >= 0.6 is 0 Å². The SMILES string of the molecule is CCC(C)(C)c1ccc([IH+])cc1.O=S(=O)([O-])c1cc(C(F)(F)F)cc(C(F)(F)F)c1. The van der Waals surface area contributed by atoms with Gasteiger partial charge in [-0.1, -0.05) is 32.9 Å². The van der Waals surface area contributed by atoms with Gasteiger partial charge < -0.3 is 4.55 Å². The summed E-state index contributed by atoms with van der Waals surface area (Å²) in [5.74, 6) is 0. The zero-order valence-corrected chi connectivity index (χ0v) is 19.2. The summed E-state index contributed by atoms with van der Waals surface area (Å²) in [6.45, 7) is 6.82. The predicted octanol–water partition coefficient (Wildman–Crippen LogP) is 2.46. The average Bonchev–Trinajstić information content (AvgIpc) is 2.60. The molecular formula is C19H19F6IO3S. The summed E-state index contributed by atoms with van der Waals surface area (Å²) in [7, 11) is -5.42. The maximum absolute atomic E-state index is 12.3. The lowest BCUT2D eigenvalue weighted by Crippen LogP contribution is -3.34. The Hall–Kier alpha value is -1.34. The Morgan fingerprint density at radius 3 is 1.53 bits per heavy atom. The van der Waals surface area contributed by atoms with Gasteiger partial charge in [-0.2, -0.15) is 26.3 Å². The normalized spacial score (nSPS) is 12.9. The van der Waals surface area contributed by atoms with E-state index in [4.69, 9.17) is 0 Å². The summed E-state index contributed by atoms with van der Waals surface area (Å²) in [6, 6.07) is 8.31. The summed E-state index contributed by atoms with van der Waals surface area (Å²) >= 11 is 2.06. The highest BCUT2D eigenvalue weighted by Crippen LogP contribution is 2.37. The summed E-state index contributed by atoms with van der Waals surface area (Å²) in [5, 5.41) is 0. The first-order valence-electron chi connectivity index (χ1n) is 8.41. The average molecular weight is 568 g/mol. The molecule has 2 rings (SSSR count). The third-order valence-electron chi connectivity index (χ3n) is 4.37. The molecule has 0 spiro atoms. The van der Waals surface area contributed by atoms with Gasteiger partial charge in [-0.05, 0) is 47.7 Å². The Bertz CT molecular complexity index is 933. The number of hydrogen-bond donors (Lipinski definition) is 0. The van der Waals surface area contributed by atoms with Crippen LogP contribution in [0.4, 0.5) is 26.3 Å². The highest BCUT2D eigenvalue weighted by atomic mass is 127. The number of halogens is 7. The number of hydrogen-bond acceptors (Lipinski definition) is 3. The van der Waals surface area contributed by atoms with Crippen molar-refractivity contribution in [2.75, 3.05) is 0 Å². The van der Waals surface area contributed by atoms with Crippen molar-refractivity contribution >= 4 is 10.1 Å². The standard InChI is InChI=1S/C11H16I.C8H4F6O3S/c1-4-11(2,3)9-5-7-10(12)8-6-9;9-7(10,11)4-1-5(8(12,13)14)3-6(2-4)18(15,16)17/h5-8,12H,4H2,1-3H3;1-3H,(H,15,16,17)/q+1;/p-1. The Balaban J connectivity index is 0.000000325. The summed E-state index contributed by atoms with van der Waals surface area (Å²) < 4.78 is 106. The number of benzene rings is 2. The van der Waals surface area contributed by atoms with Gasteiger partial charge in [0.05, 0.1) is 16.0 Å². The maximum atomic E-state index is 12.3. The molecule has 0 unspecified atom stereocenters. The molecule has 2 aromatic carbocycles. The molecule has 0 aromatic heterocycles. The topological polar surface area (TPSA) is 57.2 Å². The van der Waals surface area contributed by atoms with E-state index in [0.29, 0.717) is 5.41 Å². The molecule has 0 saturated heterocycles. The van der Waals surface area contributed by atoms with Crippen molar-refractivity contribution in [3.05, 3.63) is 62.7 Å². The fraction of sp³-hybridized carbons (Fsp3) is 0.368. The molecular weight excluding hydrogens is 549 g/mol. The van der Waals surface area contributed by atoms with Crippen LogP contribution in [0, 0.1) is 3.57 Å². The molecule has 0 N–H and O–H groups in total. The molecule has 11 heteroatoms. The monoisotopic (exact) mass is 568 g/mol. The lowest BCUT2D eigenvalue weighted by atomic mass is 9.82. The van der Waals surface area contributed by atoms with E-state index in [0.717, 1.165) is 0 Å². The van der Waals surface area contributed by atoms with Gasteiger partial charge in [0.1, 0.15) is 10.1 Å². The van der Waals surface area contributed by atoms with E-state index in [1.807, 2.05) is 0 Å². The third kappa shape index (κ3) is 7.73. The van der Waals surface area contributed by atoms with E-state index in [2.05, 4.69) is 67.6 Å². The smallest absolute Gasteiger partial charge is 0.416 e. The van der Waals surface area contributed by atoms with Gasteiger partial charge in [-0.15, -0.1) is 0 Å². The second kappa shape index (κ2) is 9.43. The molecule has 168 valence electrons. The molecule has 30 heavy (non-hydrogen) atoms. The van der Waals surface area contributed by atoms with Crippen molar-refractivity contribution in [2.24, 2.45) is 0 Å². The summed E-state index contributed by atoms with van der Waals surface area (Å²) in [4.78, 5) is -1.58. The minimum atomic E-state index is -5.42. The van der Waals surface area contributed by atoms with Crippen LogP contribution in [0.1, 0.15) is 43.9 Å². The van der Waals surface area contributed by atoms with Crippen LogP contribution in [0.3, 0.4) is 0 Å². The van der Waals surface area contributed by atoms with Crippen molar-refractivity contribution in [1.82, 2.24) is 0 Å². The number of alkyl halides is 6. The van der Waals surface area contributed by atoms with E-state index in [9.17, 15) is 39.3 Å². The van der Waals surface area contributed by atoms with Crippen LogP contribution in [-0.2, 0) is 27.9 Å². The van der Waals surface area contributed by atoms with Crippen LogP contribution in [0.5, 0.6) is 0 Å². The Morgan fingerprint density at radius 1 is 0.833 bits per heavy atom. The van der Waals surface area contributed by atoms with Crippen LogP contribution in [0.25, 0.3) is 0 Å². The van der Waals surface area contributed by atoms with Crippen LogP contribution in [0.15, 0.2) is 47.4 Å². The molecule has 0 atom stereocenters. The largest absolute Gasteiger partial charge is 0.744 e. The first kappa shape index (κ1) is 26.7. The molecule has 3 nitrogen and oxygen atoms in total. The fourth-order valence-electron chi connectivity index (χ4n) is 2.18.